The highest BCUT2D eigenvalue weighted by atomic mass is 35.5. The number of hydrogen-bond acceptors (Lipinski definition) is 4. The molecule has 1 aromatic heterocycles. The molecule has 0 radical (unpaired) electrons. The van der Waals surface area contributed by atoms with E-state index in [0.29, 0.717) is 22.0 Å². The first kappa shape index (κ1) is 14.6. The fourth-order valence-corrected chi connectivity index (χ4v) is 4.06. The minimum atomic E-state index is -0.724. The van der Waals surface area contributed by atoms with Crippen molar-refractivity contribution in [1.29, 1.82) is 0 Å². The van der Waals surface area contributed by atoms with Crippen LogP contribution in [0.5, 0.6) is 0 Å². The summed E-state index contributed by atoms with van der Waals surface area (Å²) in [6, 6.07) is 7.18. The Bertz CT molecular complexity index is 771. The molecule has 0 spiro atoms. The summed E-state index contributed by atoms with van der Waals surface area (Å²) < 4.78 is 5.33. The molecule has 4 nitrogen and oxygen atoms in total. The van der Waals surface area contributed by atoms with Gasteiger partial charge in [-0.05, 0) is 38.3 Å². The molecular weight excluding hydrogens is 314 g/mol. The van der Waals surface area contributed by atoms with Crippen LogP contribution in [0.1, 0.15) is 36.5 Å². The molecule has 1 aromatic carbocycles. The SMILES string of the molecule is Cc1onc(-c2ccc(Cl)cc2)c1C1C(=O)[C@@H]2CC[C@@H](C2)C1=O. The predicted octanol–water partition coefficient (Wildman–Crippen LogP) is 3.96. The van der Waals surface area contributed by atoms with Crippen LogP contribution < -0.4 is 0 Å². The van der Waals surface area contributed by atoms with E-state index in [1.165, 1.54) is 0 Å². The van der Waals surface area contributed by atoms with Crippen molar-refractivity contribution in [2.75, 3.05) is 0 Å². The summed E-state index contributed by atoms with van der Waals surface area (Å²) in [6.07, 6.45) is 2.37. The monoisotopic (exact) mass is 329 g/mol. The molecule has 2 aliphatic carbocycles. The van der Waals surface area contributed by atoms with E-state index in [-0.39, 0.29) is 23.4 Å². The number of nitrogens with zero attached hydrogens (tertiary/aromatic N) is 1. The van der Waals surface area contributed by atoms with E-state index in [2.05, 4.69) is 5.16 Å². The fraction of sp³-hybridized carbons (Fsp3) is 0.389. The lowest BCUT2D eigenvalue weighted by atomic mass is 9.74. The Hall–Kier alpha value is -1.94. The highest BCUT2D eigenvalue weighted by molar-refractivity contribution is 6.30. The Balaban J connectivity index is 1.83. The Kier molecular flexibility index (Phi) is 3.38. The van der Waals surface area contributed by atoms with Gasteiger partial charge in [0.15, 0.2) is 11.6 Å². The second-order valence-electron chi connectivity index (χ2n) is 6.45. The molecule has 5 heteroatoms. The summed E-state index contributed by atoms with van der Waals surface area (Å²) in [7, 11) is 0. The van der Waals surface area contributed by atoms with Gasteiger partial charge >= 0.3 is 0 Å². The van der Waals surface area contributed by atoms with Gasteiger partial charge in [-0.3, -0.25) is 9.59 Å². The van der Waals surface area contributed by atoms with Crippen LogP contribution in [0.2, 0.25) is 5.02 Å². The maximum atomic E-state index is 12.8. The topological polar surface area (TPSA) is 60.2 Å². The van der Waals surface area contributed by atoms with E-state index >= 15 is 0 Å². The van der Waals surface area contributed by atoms with Crippen LogP contribution in [0, 0.1) is 18.8 Å². The third-order valence-electron chi connectivity index (χ3n) is 5.12. The Labute approximate surface area is 138 Å². The van der Waals surface area contributed by atoms with Gasteiger partial charge in [0.2, 0.25) is 0 Å². The molecule has 0 saturated heterocycles. The van der Waals surface area contributed by atoms with Crippen LogP contribution in [0.3, 0.4) is 0 Å². The first-order valence-corrected chi connectivity index (χ1v) is 8.23. The average molecular weight is 330 g/mol. The number of aromatic nitrogens is 1. The molecule has 1 heterocycles. The van der Waals surface area contributed by atoms with E-state index in [9.17, 15) is 9.59 Å². The van der Waals surface area contributed by atoms with Gasteiger partial charge in [-0.1, -0.05) is 28.9 Å². The quantitative estimate of drug-likeness (QED) is 0.782. The van der Waals surface area contributed by atoms with Gasteiger partial charge in [0.1, 0.15) is 17.4 Å². The van der Waals surface area contributed by atoms with Crippen LogP contribution >= 0.6 is 11.6 Å². The molecule has 4 rings (SSSR count). The van der Waals surface area contributed by atoms with Crippen molar-refractivity contribution in [2.45, 2.75) is 32.1 Å². The second kappa shape index (κ2) is 5.31. The zero-order chi connectivity index (χ0) is 16.1. The molecule has 23 heavy (non-hydrogen) atoms. The minimum absolute atomic E-state index is 0.00932. The number of Topliss-reactive ketones (excluding diaryl/α,β-unsaturated/α-hetero) is 2. The van der Waals surface area contributed by atoms with E-state index < -0.39 is 5.92 Å². The van der Waals surface area contributed by atoms with Gasteiger partial charge in [0.05, 0.1) is 0 Å². The Morgan fingerprint density at radius 1 is 1.09 bits per heavy atom. The first-order chi connectivity index (χ1) is 11.1. The standard InChI is InChI=1S/C18H16ClNO3/c1-9-14(15-17(21)11-2-3-12(8-11)18(15)22)16(20-23-9)10-4-6-13(19)7-5-10/h4-7,11-12,15H,2-3,8H2,1H3/t11-,12+,15?. The maximum absolute atomic E-state index is 12.8. The van der Waals surface area contributed by atoms with Crippen LogP contribution in [-0.2, 0) is 9.59 Å². The van der Waals surface area contributed by atoms with Crippen molar-refractivity contribution >= 4 is 23.2 Å². The molecule has 1 unspecified atom stereocenters. The second-order valence-corrected chi connectivity index (χ2v) is 6.89. The largest absolute Gasteiger partial charge is 0.361 e. The number of hydrogen-bond donors (Lipinski definition) is 0. The van der Waals surface area contributed by atoms with Gasteiger partial charge in [0, 0.05) is 28.0 Å². The summed E-state index contributed by atoms with van der Waals surface area (Å²) >= 11 is 5.93. The molecule has 118 valence electrons. The lowest BCUT2D eigenvalue weighted by Gasteiger charge is -2.25. The van der Waals surface area contributed by atoms with Crippen LogP contribution in [0.25, 0.3) is 11.3 Å². The Morgan fingerprint density at radius 2 is 1.70 bits per heavy atom. The summed E-state index contributed by atoms with van der Waals surface area (Å²) in [5.74, 6) is -0.0956. The van der Waals surface area contributed by atoms with Crippen molar-refractivity contribution in [1.82, 2.24) is 5.16 Å². The number of ketones is 2. The molecule has 2 bridgehead atoms. The number of aryl methyl sites for hydroxylation is 1. The van der Waals surface area contributed by atoms with Crippen molar-refractivity contribution in [3.05, 3.63) is 40.6 Å². The molecule has 0 N–H and O–H groups in total. The first-order valence-electron chi connectivity index (χ1n) is 7.86. The fourth-order valence-electron chi connectivity index (χ4n) is 3.93. The van der Waals surface area contributed by atoms with Crippen molar-refractivity contribution in [3.8, 4) is 11.3 Å². The van der Waals surface area contributed by atoms with Gasteiger partial charge in [0.25, 0.3) is 0 Å². The number of rotatable bonds is 2. The molecule has 3 atom stereocenters. The average Bonchev–Trinajstić information content (AvgIpc) is 3.14. The zero-order valence-electron chi connectivity index (χ0n) is 12.7. The predicted molar refractivity (Wildman–Crippen MR) is 85.3 cm³/mol. The molecule has 0 aliphatic heterocycles. The summed E-state index contributed by atoms with van der Waals surface area (Å²) in [6.45, 7) is 1.76. The summed E-state index contributed by atoms with van der Waals surface area (Å²) in [4.78, 5) is 25.5. The number of carbonyl (C=O) groups excluding carboxylic acids is 2. The van der Waals surface area contributed by atoms with Crippen LogP contribution in [0.15, 0.2) is 28.8 Å². The summed E-state index contributed by atoms with van der Waals surface area (Å²) in [5.41, 5.74) is 2.02. The van der Waals surface area contributed by atoms with Gasteiger partial charge in [-0.25, -0.2) is 0 Å². The highest BCUT2D eigenvalue weighted by Gasteiger charge is 2.49. The highest BCUT2D eigenvalue weighted by Crippen LogP contribution is 2.46. The molecule has 2 aromatic rings. The maximum Gasteiger partial charge on any atom is 0.151 e. The molecule has 2 fully saturated rings. The van der Waals surface area contributed by atoms with Gasteiger partial charge in [-0.2, -0.15) is 0 Å². The number of fused-ring (bicyclic) bond motifs is 2. The molecule has 2 saturated carbocycles. The van der Waals surface area contributed by atoms with E-state index in [1.54, 1.807) is 19.1 Å². The van der Waals surface area contributed by atoms with Crippen molar-refractivity contribution in [3.63, 3.8) is 0 Å². The van der Waals surface area contributed by atoms with Crippen LogP contribution in [0.4, 0.5) is 0 Å². The molecular formula is C18H16ClNO3. The van der Waals surface area contributed by atoms with E-state index in [1.807, 2.05) is 12.1 Å². The van der Waals surface area contributed by atoms with Gasteiger partial charge in [-0.15, -0.1) is 0 Å². The zero-order valence-corrected chi connectivity index (χ0v) is 13.5. The van der Waals surface area contributed by atoms with Gasteiger partial charge < -0.3 is 4.52 Å². The third kappa shape index (κ3) is 2.24. The number of benzene rings is 1. The lowest BCUT2D eigenvalue weighted by Crippen LogP contribution is -2.35. The van der Waals surface area contributed by atoms with Crippen molar-refractivity contribution in [2.24, 2.45) is 11.8 Å². The molecule has 2 aliphatic rings. The lowest BCUT2D eigenvalue weighted by molar-refractivity contribution is -0.135. The normalized spacial score (nSPS) is 26.8. The molecule has 0 amide bonds. The smallest absolute Gasteiger partial charge is 0.151 e. The number of carbonyl (C=O) groups is 2. The summed E-state index contributed by atoms with van der Waals surface area (Å²) in [5, 5.41) is 4.73. The third-order valence-corrected chi connectivity index (χ3v) is 5.37. The van der Waals surface area contributed by atoms with E-state index in [4.69, 9.17) is 16.1 Å². The van der Waals surface area contributed by atoms with E-state index in [0.717, 1.165) is 24.8 Å². The Morgan fingerprint density at radius 3 is 2.30 bits per heavy atom. The van der Waals surface area contributed by atoms with Crippen LogP contribution in [-0.4, -0.2) is 16.7 Å². The number of halogens is 1. The minimum Gasteiger partial charge on any atom is -0.361 e. The van der Waals surface area contributed by atoms with Crippen molar-refractivity contribution < 1.29 is 14.1 Å².